The molecule has 10 heteroatoms. The molecule has 1 aliphatic rings. The van der Waals surface area contributed by atoms with Crippen molar-refractivity contribution in [1.29, 1.82) is 0 Å². The minimum atomic E-state index is -1.27. The first-order valence-electron chi connectivity index (χ1n) is 7.56. The van der Waals surface area contributed by atoms with Crippen molar-refractivity contribution in [3.63, 3.8) is 0 Å². The SMILES string of the molecule is CC(C)OC(=O)[C@@H]1OB(OC(CN)CN)O[C@H]1C(=O)OC(C)C. The van der Waals surface area contributed by atoms with Gasteiger partial charge in [0.1, 0.15) is 0 Å². The lowest BCUT2D eigenvalue weighted by Gasteiger charge is -2.18. The summed E-state index contributed by atoms with van der Waals surface area (Å²) in [5.74, 6) is -1.46. The molecule has 0 amide bonds. The maximum Gasteiger partial charge on any atom is 0.641 e. The summed E-state index contributed by atoms with van der Waals surface area (Å²) in [6.07, 6.45) is -3.81. The monoisotopic (exact) mass is 332 g/mol. The minimum absolute atomic E-state index is 0.141. The molecule has 0 aromatic carbocycles. The fourth-order valence-corrected chi connectivity index (χ4v) is 1.80. The number of hydrogen-bond donors (Lipinski definition) is 2. The van der Waals surface area contributed by atoms with E-state index in [-0.39, 0.29) is 25.3 Å². The third-order valence-electron chi connectivity index (χ3n) is 2.79. The van der Waals surface area contributed by atoms with Gasteiger partial charge in [0.25, 0.3) is 0 Å². The molecular weight excluding hydrogens is 307 g/mol. The van der Waals surface area contributed by atoms with Crippen LogP contribution < -0.4 is 11.5 Å². The van der Waals surface area contributed by atoms with Gasteiger partial charge in [-0.1, -0.05) is 0 Å². The van der Waals surface area contributed by atoms with Crippen LogP contribution in [0.5, 0.6) is 0 Å². The largest absolute Gasteiger partial charge is 0.641 e. The highest BCUT2D eigenvalue weighted by Gasteiger charge is 2.51. The maximum atomic E-state index is 12.1. The van der Waals surface area contributed by atoms with E-state index >= 15 is 0 Å². The Morgan fingerprint density at radius 3 is 1.65 bits per heavy atom. The molecule has 0 bridgehead atoms. The summed E-state index contributed by atoms with van der Waals surface area (Å²) in [4.78, 5) is 24.2. The number of esters is 2. The highest BCUT2D eigenvalue weighted by molar-refractivity contribution is 6.38. The van der Waals surface area contributed by atoms with Crippen molar-refractivity contribution < 1.29 is 33.0 Å². The van der Waals surface area contributed by atoms with Crippen LogP contribution in [0.15, 0.2) is 0 Å². The normalized spacial score (nSPS) is 21.3. The molecule has 0 unspecified atom stereocenters. The highest BCUT2D eigenvalue weighted by atomic mass is 16.8. The van der Waals surface area contributed by atoms with E-state index in [4.69, 9.17) is 34.9 Å². The number of carbonyl (C=O) groups excluding carboxylic acids is 2. The highest BCUT2D eigenvalue weighted by Crippen LogP contribution is 2.22. The number of rotatable bonds is 8. The van der Waals surface area contributed by atoms with Crippen molar-refractivity contribution >= 4 is 19.3 Å². The predicted octanol–water partition coefficient (Wildman–Crippen LogP) is -1.04. The van der Waals surface area contributed by atoms with Crippen molar-refractivity contribution in [3.05, 3.63) is 0 Å². The molecule has 0 saturated carbocycles. The van der Waals surface area contributed by atoms with Crippen LogP contribution in [0, 0.1) is 0 Å². The molecule has 1 fully saturated rings. The molecule has 0 radical (unpaired) electrons. The molecular formula is C13H25BN2O7. The van der Waals surface area contributed by atoms with Crippen LogP contribution in [0.3, 0.4) is 0 Å². The van der Waals surface area contributed by atoms with Crippen LogP contribution in [0.4, 0.5) is 0 Å². The molecule has 0 spiro atoms. The smallest absolute Gasteiger partial charge is 0.461 e. The number of hydrogen-bond acceptors (Lipinski definition) is 9. The van der Waals surface area contributed by atoms with Gasteiger partial charge < -0.3 is 34.9 Å². The van der Waals surface area contributed by atoms with Crippen LogP contribution in [-0.4, -0.2) is 62.9 Å². The predicted molar refractivity (Wildman–Crippen MR) is 80.9 cm³/mol. The first-order chi connectivity index (χ1) is 10.8. The molecule has 1 saturated heterocycles. The van der Waals surface area contributed by atoms with Gasteiger partial charge in [-0.15, -0.1) is 0 Å². The molecule has 1 heterocycles. The molecule has 1 aliphatic heterocycles. The first kappa shape index (κ1) is 19.9. The average Bonchev–Trinajstić information content (AvgIpc) is 2.87. The summed E-state index contributed by atoms with van der Waals surface area (Å²) in [5, 5.41) is 0. The van der Waals surface area contributed by atoms with Crippen molar-refractivity contribution in [1.82, 2.24) is 0 Å². The van der Waals surface area contributed by atoms with E-state index in [2.05, 4.69) is 0 Å². The molecule has 9 nitrogen and oxygen atoms in total. The fraction of sp³-hybridized carbons (Fsp3) is 0.846. The average molecular weight is 332 g/mol. The zero-order valence-electron chi connectivity index (χ0n) is 13.9. The van der Waals surface area contributed by atoms with Crippen LogP contribution >= 0.6 is 0 Å². The van der Waals surface area contributed by atoms with E-state index in [9.17, 15) is 9.59 Å². The van der Waals surface area contributed by atoms with Crippen molar-refractivity contribution in [2.75, 3.05) is 13.1 Å². The number of carbonyl (C=O) groups is 2. The lowest BCUT2D eigenvalue weighted by Crippen LogP contribution is -2.40. The van der Waals surface area contributed by atoms with Crippen LogP contribution in [-0.2, 0) is 33.0 Å². The Labute approximate surface area is 136 Å². The van der Waals surface area contributed by atoms with Gasteiger partial charge in [-0.3, -0.25) is 0 Å². The van der Waals surface area contributed by atoms with Crippen molar-refractivity contribution in [2.24, 2.45) is 11.5 Å². The van der Waals surface area contributed by atoms with E-state index in [0.717, 1.165) is 0 Å². The van der Waals surface area contributed by atoms with Crippen molar-refractivity contribution in [3.8, 4) is 0 Å². The lowest BCUT2D eigenvalue weighted by atomic mass is 10.2. The number of nitrogens with two attached hydrogens (primary N) is 2. The van der Waals surface area contributed by atoms with E-state index in [1.165, 1.54) is 0 Å². The second-order valence-electron chi connectivity index (χ2n) is 5.60. The van der Waals surface area contributed by atoms with Gasteiger partial charge in [-0.05, 0) is 27.7 Å². The van der Waals surface area contributed by atoms with Gasteiger partial charge in [-0.2, -0.15) is 0 Å². The molecule has 23 heavy (non-hydrogen) atoms. The van der Waals surface area contributed by atoms with E-state index in [0.29, 0.717) is 0 Å². The third kappa shape index (κ3) is 6.07. The molecule has 0 aromatic rings. The van der Waals surface area contributed by atoms with Crippen LogP contribution in [0.2, 0.25) is 0 Å². The Hall–Kier alpha value is -1.20. The van der Waals surface area contributed by atoms with Gasteiger partial charge >= 0.3 is 19.3 Å². The van der Waals surface area contributed by atoms with Crippen LogP contribution in [0.1, 0.15) is 27.7 Å². The topological polar surface area (TPSA) is 132 Å². The fourth-order valence-electron chi connectivity index (χ4n) is 1.80. The first-order valence-corrected chi connectivity index (χ1v) is 7.56. The minimum Gasteiger partial charge on any atom is -0.461 e. The summed E-state index contributed by atoms with van der Waals surface area (Å²) in [6, 6.07) is 0. The van der Waals surface area contributed by atoms with Crippen LogP contribution in [0.25, 0.3) is 0 Å². The summed E-state index contributed by atoms with van der Waals surface area (Å²) in [6.45, 7) is 7.01. The number of ether oxygens (including phenoxy) is 2. The Morgan fingerprint density at radius 1 is 0.957 bits per heavy atom. The molecule has 1 rings (SSSR count). The summed E-state index contributed by atoms with van der Waals surface area (Å²) in [5.41, 5.74) is 11.0. The van der Waals surface area contributed by atoms with E-state index < -0.39 is 37.6 Å². The summed E-state index contributed by atoms with van der Waals surface area (Å²) < 4.78 is 26.2. The Balaban J connectivity index is 2.80. The zero-order chi connectivity index (χ0) is 17.6. The van der Waals surface area contributed by atoms with E-state index in [1.54, 1.807) is 27.7 Å². The standard InChI is InChI=1S/C13H25BN2O7/c1-7(2)19-12(17)10-11(13(18)20-8(3)4)23-14(22-10)21-9(5-15)6-16/h7-11H,5-6,15-16H2,1-4H3/t10-,11-/m1/s1. The molecule has 2 atom stereocenters. The lowest BCUT2D eigenvalue weighted by molar-refractivity contribution is -0.167. The van der Waals surface area contributed by atoms with Gasteiger partial charge in [0.15, 0.2) is 12.2 Å². The second kappa shape index (κ2) is 9.19. The molecule has 132 valence electrons. The maximum absolute atomic E-state index is 12.1. The molecule has 0 aromatic heterocycles. The Bertz CT molecular complexity index is 374. The Kier molecular flexibility index (Phi) is 7.93. The summed E-state index contributed by atoms with van der Waals surface area (Å²) >= 11 is 0. The second-order valence-corrected chi connectivity index (χ2v) is 5.60. The van der Waals surface area contributed by atoms with Gasteiger partial charge in [0.2, 0.25) is 0 Å². The van der Waals surface area contributed by atoms with Crippen molar-refractivity contribution in [2.45, 2.75) is 58.2 Å². The third-order valence-corrected chi connectivity index (χ3v) is 2.79. The zero-order valence-corrected chi connectivity index (χ0v) is 13.9. The summed E-state index contributed by atoms with van der Waals surface area (Å²) in [7, 11) is -1.25. The van der Waals surface area contributed by atoms with Gasteiger partial charge in [0.05, 0.1) is 18.3 Å². The Morgan fingerprint density at radius 2 is 1.35 bits per heavy atom. The van der Waals surface area contributed by atoms with E-state index in [1.807, 2.05) is 0 Å². The molecule has 4 N–H and O–H groups in total. The van der Waals surface area contributed by atoms with Gasteiger partial charge in [-0.25, -0.2) is 9.59 Å². The quantitative estimate of drug-likeness (QED) is 0.422. The molecule has 0 aliphatic carbocycles. The van der Waals surface area contributed by atoms with Gasteiger partial charge in [0, 0.05) is 13.1 Å².